The first kappa shape index (κ1) is 21.5. The van der Waals surface area contributed by atoms with Crippen molar-refractivity contribution in [3.63, 3.8) is 0 Å². The Kier molecular flexibility index (Phi) is 5.78. The number of carbonyl (C=O) groups is 2. The SMILES string of the molecule is Cc1nn(Cc2ccccc2Cl)c2sc(C(=O)Nc3ccc(NC(=O)NC4CC4)cc3)cc12. The van der Waals surface area contributed by atoms with Crippen molar-refractivity contribution in [2.45, 2.75) is 32.4 Å². The molecule has 1 aliphatic carbocycles. The van der Waals surface area contributed by atoms with Crippen LogP contribution in [0.5, 0.6) is 0 Å². The Labute approximate surface area is 199 Å². The maximum Gasteiger partial charge on any atom is 0.319 e. The maximum atomic E-state index is 12.9. The molecule has 9 heteroatoms. The van der Waals surface area contributed by atoms with E-state index in [1.54, 1.807) is 24.3 Å². The van der Waals surface area contributed by atoms with Crippen molar-refractivity contribution in [2.24, 2.45) is 0 Å². The van der Waals surface area contributed by atoms with Gasteiger partial charge in [-0.1, -0.05) is 29.8 Å². The molecule has 168 valence electrons. The number of urea groups is 1. The van der Waals surface area contributed by atoms with Crippen LogP contribution in [0.3, 0.4) is 0 Å². The molecule has 0 spiro atoms. The molecule has 2 heterocycles. The molecular formula is C24H22ClN5O2S. The van der Waals surface area contributed by atoms with Crippen molar-refractivity contribution in [2.75, 3.05) is 10.6 Å². The smallest absolute Gasteiger partial charge is 0.319 e. The van der Waals surface area contributed by atoms with E-state index < -0.39 is 0 Å². The van der Waals surface area contributed by atoms with E-state index >= 15 is 0 Å². The molecule has 0 bridgehead atoms. The van der Waals surface area contributed by atoms with Crippen LogP contribution in [0.4, 0.5) is 16.2 Å². The Morgan fingerprint density at radius 3 is 2.48 bits per heavy atom. The number of rotatable bonds is 6. The Hall–Kier alpha value is -3.36. The van der Waals surface area contributed by atoms with Gasteiger partial charge < -0.3 is 16.0 Å². The fraction of sp³-hybridized carbons (Fsp3) is 0.208. The molecule has 1 fully saturated rings. The Morgan fingerprint density at radius 1 is 1.09 bits per heavy atom. The van der Waals surface area contributed by atoms with Gasteiger partial charge in [-0.2, -0.15) is 5.10 Å². The van der Waals surface area contributed by atoms with E-state index in [1.165, 1.54) is 11.3 Å². The summed E-state index contributed by atoms with van der Waals surface area (Å²) in [7, 11) is 0. The molecule has 5 rings (SSSR count). The first-order chi connectivity index (χ1) is 16.0. The van der Waals surface area contributed by atoms with Crippen molar-refractivity contribution < 1.29 is 9.59 Å². The Morgan fingerprint density at radius 2 is 1.79 bits per heavy atom. The van der Waals surface area contributed by atoms with Crippen LogP contribution in [0.1, 0.15) is 33.8 Å². The number of carbonyl (C=O) groups excluding carboxylic acids is 2. The summed E-state index contributed by atoms with van der Waals surface area (Å²) in [6, 6.07) is 16.7. The highest BCUT2D eigenvalue weighted by Gasteiger charge is 2.23. The van der Waals surface area contributed by atoms with Crippen molar-refractivity contribution in [3.8, 4) is 0 Å². The van der Waals surface area contributed by atoms with Crippen LogP contribution >= 0.6 is 22.9 Å². The van der Waals surface area contributed by atoms with Crippen molar-refractivity contribution >= 4 is 56.5 Å². The predicted molar refractivity (Wildman–Crippen MR) is 132 cm³/mol. The molecule has 33 heavy (non-hydrogen) atoms. The van der Waals surface area contributed by atoms with Gasteiger partial charge in [-0.3, -0.25) is 9.48 Å². The van der Waals surface area contributed by atoms with Crippen LogP contribution in [0.15, 0.2) is 54.6 Å². The minimum absolute atomic E-state index is 0.188. The average molecular weight is 480 g/mol. The van der Waals surface area contributed by atoms with Gasteiger partial charge in [0.1, 0.15) is 4.83 Å². The summed E-state index contributed by atoms with van der Waals surface area (Å²) in [5, 5.41) is 14.9. The number of anilines is 2. The number of aryl methyl sites for hydroxylation is 1. The molecule has 3 amide bonds. The Balaban J connectivity index is 1.28. The molecular weight excluding hydrogens is 458 g/mol. The van der Waals surface area contributed by atoms with Gasteiger partial charge in [-0.05, 0) is 61.7 Å². The highest BCUT2D eigenvalue weighted by atomic mass is 35.5. The lowest BCUT2D eigenvalue weighted by molar-refractivity contribution is 0.103. The lowest BCUT2D eigenvalue weighted by atomic mass is 10.2. The van der Waals surface area contributed by atoms with Crippen LogP contribution in [0, 0.1) is 6.92 Å². The third-order valence-electron chi connectivity index (χ3n) is 5.42. The molecule has 7 nitrogen and oxygen atoms in total. The second kappa shape index (κ2) is 8.88. The minimum atomic E-state index is -0.208. The molecule has 0 aliphatic heterocycles. The molecule has 0 saturated heterocycles. The lowest BCUT2D eigenvalue weighted by Gasteiger charge is -2.08. The van der Waals surface area contributed by atoms with Gasteiger partial charge in [0.15, 0.2) is 0 Å². The van der Waals surface area contributed by atoms with Crippen LogP contribution in [0.2, 0.25) is 5.02 Å². The summed E-state index contributed by atoms with van der Waals surface area (Å²) in [6.45, 7) is 2.47. The van der Waals surface area contributed by atoms with Crippen LogP contribution in [-0.4, -0.2) is 27.8 Å². The molecule has 2 aromatic carbocycles. The van der Waals surface area contributed by atoms with Crippen LogP contribution in [-0.2, 0) is 6.54 Å². The van der Waals surface area contributed by atoms with E-state index in [1.807, 2.05) is 41.9 Å². The summed E-state index contributed by atoms with van der Waals surface area (Å²) in [5.74, 6) is -0.188. The number of fused-ring (bicyclic) bond motifs is 1. The van der Waals surface area contributed by atoms with Gasteiger partial charge in [0.05, 0.1) is 17.1 Å². The molecule has 3 N–H and O–H groups in total. The number of amides is 3. The van der Waals surface area contributed by atoms with Gasteiger partial charge in [0.2, 0.25) is 0 Å². The van der Waals surface area contributed by atoms with Crippen molar-refractivity contribution in [3.05, 3.63) is 75.8 Å². The van der Waals surface area contributed by atoms with E-state index in [0.717, 1.165) is 34.3 Å². The molecule has 1 saturated carbocycles. The quantitative estimate of drug-likeness (QED) is 0.334. The minimum Gasteiger partial charge on any atom is -0.335 e. The predicted octanol–water partition coefficient (Wildman–Crippen LogP) is 5.64. The summed E-state index contributed by atoms with van der Waals surface area (Å²) in [4.78, 5) is 26.3. The van der Waals surface area contributed by atoms with E-state index in [-0.39, 0.29) is 11.9 Å². The van der Waals surface area contributed by atoms with Crippen LogP contribution in [0.25, 0.3) is 10.2 Å². The largest absolute Gasteiger partial charge is 0.335 e. The van der Waals surface area contributed by atoms with Gasteiger partial charge in [-0.15, -0.1) is 11.3 Å². The Bertz CT molecular complexity index is 1340. The normalized spacial score (nSPS) is 13.2. The summed E-state index contributed by atoms with van der Waals surface area (Å²) >= 11 is 7.71. The lowest BCUT2D eigenvalue weighted by Crippen LogP contribution is -2.30. The number of nitrogens with one attached hydrogen (secondary N) is 3. The standard InChI is InChI=1S/C24H22ClN5O2S/c1-14-19-12-21(33-23(19)30(29-14)13-15-4-2-3-5-20(15)25)22(31)26-16-6-8-17(9-7-16)27-24(32)28-18-10-11-18/h2-9,12,18H,10-11,13H2,1H3,(H,26,31)(H2,27,28,32). The number of benzene rings is 2. The highest BCUT2D eigenvalue weighted by Crippen LogP contribution is 2.30. The number of hydrogen-bond donors (Lipinski definition) is 3. The van der Waals surface area contributed by atoms with Crippen molar-refractivity contribution in [1.29, 1.82) is 0 Å². The zero-order valence-electron chi connectivity index (χ0n) is 17.9. The third kappa shape index (κ3) is 4.86. The molecule has 0 atom stereocenters. The fourth-order valence-corrected chi connectivity index (χ4v) is 4.78. The van der Waals surface area contributed by atoms with E-state index in [0.29, 0.717) is 33.9 Å². The number of nitrogens with zero attached hydrogens (tertiary/aromatic N) is 2. The molecule has 4 aromatic rings. The van der Waals surface area contributed by atoms with E-state index in [2.05, 4.69) is 21.0 Å². The summed E-state index contributed by atoms with van der Waals surface area (Å²) in [5.41, 5.74) is 3.16. The van der Waals surface area contributed by atoms with Gasteiger partial charge >= 0.3 is 6.03 Å². The number of hydrogen-bond acceptors (Lipinski definition) is 4. The molecule has 1 aliphatic rings. The summed E-state index contributed by atoms with van der Waals surface area (Å²) < 4.78 is 1.89. The van der Waals surface area contributed by atoms with E-state index in [4.69, 9.17) is 11.6 Å². The van der Waals surface area contributed by atoms with Gasteiger partial charge in [-0.25, -0.2) is 4.79 Å². The monoisotopic (exact) mass is 479 g/mol. The maximum absolute atomic E-state index is 12.9. The number of thiophene rings is 1. The molecule has 0 radical (unpaired) electrons. The zero-order valence-corrected chi connectivity index (χ0v) is 19.5. The zero-order chi connectivity index (χ0) is 22.9. The molecule has 0 unspecified atom stereocenters. The second-order valence-corrected chi connectivity index (χ2v) is 9.51. The first-order valence-electron chi connectivity index (χ1n) is 10.7. The summed E-state index contributed by atoms with van der Waals surface area (Å²) in [6.07, 6.45) is 2.07. The third-order valence-corrected chi connectivity index (χ3v) is 6.94. The van der Waals surface area contributed by atoms with Crippen LogP contribution < -0.4 is 16.0 Å². The fourth-order valence-electron chi connectivity index (χ4n) is 3.53. The number of halogens is 1. The van der Waals surface area contributed by atoms with Crippen molar-refractivity contribution in [1.82, 2.24) is 15.1 Å². The first-order valence-corrected chi connectivity index (χ1v) is 11.8. The average Bonchev–Trinajstić information content (AvgIpc) is 3.40. The number of aromatic nitrogens is 2. The molecule has 2 aromatic heterocycles. The topological polar surface area (TPSA) is 88.1 Å². The second-order valence-electron chi connectivity index (χ2n) is 8.07. The van der Waals surface area contributed by atoms with Gasteiger partial charge in [0, 0.05) is 27.8 Å². The van der Waals surface area contributed by atoms with E-state index in [9.17, 15) is 9.59 Å². The highest BCUT2D eigenvalue weighted by molar-refractivity contribution is 7.20. The van der Waals surface area contributed by atoms with Gasteiger partial charge in [0.25, 0.3) is 5.91 Å².